The van der Waals surface area contributed by atoms with Gasteiger partial charge in [0.25, 0.3) is 0 Å². The van der Waals surface area contributed by atoms with Gasteiger partial charge in [0, 0.05) is 30.0 Å². The molecule has 0 saturated carbocycles. The first-order chi connectivity index (χ1) is 14.7. The minimum absolute atomic E-state index is 0.0244. The van der Waals surface area contributed by atoms with Crippen molar-refractivity contribution in [3.63, 3.8) is 0 Å². The van der Waals surface area contributed by atoms with Crippen molar-refractivity contribution in [3.05, 3.63) is 95.0 Å². The molecule has 1 heterocycles. The van der Waals surface area contributed by atoms with Crippen molar-refractivity contribution >= 4 is 34.3 Å². The zero-order valence-corrected chi connectivity index (χ0v) is 17.3. The highest BCUT2D eigenvalue weighted by molar-refractivity contribution is 6.30. The third-order valence-electron chi connectivity index (χ3n) is 4.83. The molecule has 2 N–H and O–H groups in total. The van der Waals surface area contributed by atoms with Crippen LogP contribution in [0.3, 0.4) is 0 Å². The minimum atomic E-state index is 0.0244. The zero-order valence-electron chi connectivity index (χ0n) is 16.5. The molecule has 0 aliphatic heterocycles. The molecule has 0 saturated heterocycles. The van der Waals surface area contributed by atoms with Crippen LogP contribution in [0.4, 0.5) is 11.8 Å². The predicted octanol–water partition coefficient (Wildman–Crippen LogP) is 4.89. The fourth-order valence-electron chi connectivity index (χ4n) is 3.30. The Kier molecular flexibility index (Phi) is 6.42. The molecule has 0 amide bonds. The van der Waals surface area contributed by atoms with E-state index in [1.807, 2.05) is 71.6 Å². The first-order valence-corrected chi connectivity index (χ1v) is 10.3. The summed E-state index contributed by atoms with van der Waals surface area (Å²) in [6.07, 6.45) is 0. The Balaban J connectivity index is 1.66. The summed E-state index contributed by atoms with van der Waals surface area (Å²) in [4.78, 5) is 11.6. The third kappa shape index (κ3) is 4.87. The third-order valence-corrected chi connectivity index (χ3v) is 5.09. The Bertz CT molecular complexity index is 1100. The summed E-state index contributed by atoms with van der Waals surface area (Å²) < 4.78 is 0. The number of aliphatic hydroxyl groups excluding tert-OH is 1. The van der Waals surface area contributed by atoms with Gasteiger partial charge in [0.1, 0.15) is 5.82 Å². The molecule has 6 heteroatoms. The Morgan fingerprint density at radius 3 is 2.33 bits per heavy atom. The second-order valence-corrected chi connectivity index (χ2v) is 7.44. The van der Waals surface area contributed by atoms with E-state index in [0.29, 0.717) is 30.6 Å². The Morgan fingerprint density at radius 2 is 1.57 bits per heavy atom. The molecule has 152 valence electrons. The summed E-state index contributed by atoms with van der Waals surface area (Å²) >= 11 is 5.99. The van der Waals surface area contributed by atoms with Crippen molar-refractivity contribution in [2.45, 2.75) is 13.1 Å². The van der Waals surface area contributed by atoms with Gasteiger partial charge in [0.15, 0.2) is 0 Å². The van der Waals surface area contributed by atoms with E-state index in [1.165, 1.54) is 0 Å². The number of aromatic nitrogens is 2. The van der Waals surface area contributed by atoms with E-state index in [1.54, 1.807) is 0 Å². The van der Waals surface area contributed by atoms with Crippen LogP contribution in [0, 0.1) is 0 Å². The number of hydrogen-bond donors (Lipinski definition) is 2. The van der Waals surface area contributed by atoms with E-state index < -0.39 is 0 Å². The van der Waals surface area contributed by atoms with E-state index in [4.69, 9.17) is 21.6 Å². The van der Waals surface area contributed by atoms with Crippen LogP contribution in [0.1, 0.15) is 11.1 Å². The van der Waals surface area contributed by atoms with Gasteiger partial charge in [-0.3, -0.25) is 0 Å². The normalized spacial score (nSPS) is 10.9. The van der Waals surface area contributed by atoms with Crippen LogP contribution in [-0.2, 0) is 13.1 Å². The monoisotopic (exact) mass is 418 g/mol. The highest BCUT2D eigenvalue weighted by Crippen LogP contribution is 2.25. The second kappa shape index (κ2) is 9.57. The zero-order chi connectivity index (χ0) is 20.8. The number of halogens is 1. The average Bonchev–Trinajstić information content (AvgIpc) is 2.79. The molecule has 1 aromatic heterocycles. The average molecular weight is 419 g/mol. The van der Waals surface area contributed by atoms with Crippen molar-refractivity contribution in [3.8, 4) is 0 Å². The van der Waals surface area contributed by atoms with Crippen molar-refractivity contribution in [1.29, 1.82) is 0 Å². The topological polar surface area (TPSA) is 61.3 Å². The van der Waals surface area contributed by atoms with Crippen molar-refractivity contribution in [2.24, 2.45) is 0 Å². The number of fused-ring (bicyclic) bond motifs is 1. The SMILES string of the molecule is OCCN(Cc1ccccc1)c1nc(NCc2ccc(Cl)cc2)c2ccccc2n1. The van der Waals surface area contributed by atoms with Gasteiger partial charge in [-0.05, 0) is 35.4 Å². The van der Waals surface area contributed by atoms with Gasteiger partial charge in [0.2, 0.25) is 5.95 Å². The number of nitrogens with zero attached hydrogens (tertiary/aromatic N) is 3. The smallest absolute Gasteiger partial charge is 0.228 e. The van der Waals surface area contributed by atoms with Gasteiger partial charge in [-0.25, -0.2) is 4.98 Å². The highest BCUT2D eigenvalue weighted by atomic mass is 35.5. The Labute approximate surface area is 181 Å². The van der Waals surface area contributed by atoms with Gasteiger partial charge in [-0.2, -0.15) is 4.98 Å². The standard InChI is InChI=1S/C24H23ClN4O/c25-20-12-10-18(11-13-20)16-26-23-21-8-4-5-9-22(21)27-24(28-23)29(14-15-30)17-19-6-2-1-3-7-19/h1-13,30H,14-17H2,(H,26,27,28). The summed E-state index contributed by atoms with van der Waals surface area (Å²) in [5.74, 6) is 1.35. The van der Waals surface area contributed by atoms with E-state index in [9.17, 15) is 5.11 Å². The van der Waals surface area contributed by atoms with Crippen LogP contribution in [0.25, 0.3) is 10.9 Å². The summed E-state index contributed by atoms with van der Waals surface area (Å²) in [5, 5.41) is 14.7. The molecule has 5 nitrogen and oxygen atoms in total. The molecule has 0 atom stereocenters. The van der Waals surface area contributed by atoms with Crippen LogP contribution in [0.2, 0.25) is 5.02 Å². The van der Waals surface area contributed by atoms with Crippen LogP contribution >= 0.6 is 11.6 Å². The maximum absolute atomic E-state index is 9.61. The van der Waals surface area contributed by atoms with E-state index in [-0.39, 0.29) is 6.61 Å². The van der Waals surface area contributed by atoms with Gasteiger partial charge in [0.05, 0.1) is 12.1 Å². The van der Waals surface area contributed by atoms with Crippen LogP contribution in [0.5, 0.6) is 0 Å². The maximum Gasteiger partial charge on any atom is 0.228 e. The number of aliphatic hydroxyl groups is 1. The maximum atomic E-state index is 9.61. The molecule has 0 unspecified atom stereocenters. The molecule has 0 aliphatic carbocycles. The minimum Gasteiger partial charge on any atom is -0.395 e. The van der Waals surface area contributed by atoms with Crippen LogP contribution in [0.15, 0.2) is 78.9 Å². The molecule has 0 fully saturated rings. The molecular formula is C24H23ClN4O. The van der Waals surface area contributed by atoms with E-state index in [2.05, 4.69) is 17.4 Å². The van der Waals surface area contributed by atoms with Crippen LogP contribution < -0.4 is 10.2 Å². The Morgan fingerprint density at radius 1 is 0.833 bits per heavy atom. The summed E-state index contributed by atoms with van der Waals surface area (Å²) in [7, 11) is 0. The van der Waals surface area contributed by atoms with Crippen molar-refractivity contribution in [1.82, 2.24) is 9.97 Å². The number of benzene rings is 3. The van der Waals surface area contributed by atoms with E-state index in [0.717, 1.165) is 27.8 Å². The fraction of sp³-hybridized carbons (Fsp3) is 0.167. The Hall–Kier alpha value is -3.15. The summed E-state index contributed by atoms with van der Waals surface area (Å²) in [6.45, 7) is 1.72. The van der Waals surface area contributed by atoms with Gasteiger partial charge < -0.3 is 15.3 Å². The first kappa shape index (κ1) is 20.1. The molecule has 4 rings (SSSR count). The molecule has 0 spiro atoms. The molecule has 0 radical (unpaired) electrons. The molecular weight excluding hydrogens is 396 g/mol. The number of para-hydroxylation sites is 1. The molecule has 3 aromatic carbocycles. The predicted molar refractivity (Wildman–Crippen MR) is 123 cm³/mol. The number of hydrogen-bond acceptors (Lipinski definition) is 5. The molecule has 30 heavy (non-hydrogen) atoms. The highest BCUT2D eigenvalue weighted by Gasteiger charge is 2.14. The number of rotatable bonds is 8. The summed E-state index contributed by atoms with van der Waals surface area (Å²) in [5.41, 5.74) is 3.11. The lowest BCUT2D eigenvalue weighted by Crippen LogP contribution is -2.28. The summed E-state index contributed by atoms with van der Waals surface area (Å²) in [6, 6.07) is 25.8. The van der Waals surface area contributed by atoms with Gasteiger partial charge in [-0.1, -0.05) is 66.2 Å². The van der Waals surface area contributed by atoms with Gasteiger partial charge >= 0.3 is 0 Å². The van der Waals surface area contributed by atoms with Crippen molar-refractivity contribution in [2.75, 3.05) is 23.4 Å². The lowest BCUT2D eigenvalue weighted by atomic mass is 10.2. The van der Waals surface area contributed by atoms with E-state index >= 15 is 0 Å². The van der Waals surface area contributed by atoms with Gasteiger partial charge in [-0.15, -0.1) is 0 Å². The van der Waals surface area contributed by atoms with Crippen LogP contribution in [-0.4, -0.2) is 28.2 Å². The lowest BCUT2D eigenvalue weighted by molar-refractivity contribution is 0.301. The lowest BCUT2D eigenvalue weighted by Gasteiger charge is -2.23. The van der Waals surface area contributed by atoms with Crippen molar-refractivity contribution < 1.29 is 5.11 Å². The molecule has 0 aliphatic rings. The molecule has 0 bridgehead atoms. The molecule has 4 aromatic rings. The quantitative estimate of drug-likeness (QED) is 0.426. The first-order valence-electron chi connectivity index (χ1n) is 9.88. The number of nitrogens with one attached hydrogen (secondary N) is 1. The second-order valence-electron chi connectivity index (χ2n) is 7.00. The number of anilines is 2. The fourth-order valence-corrected chi connectivity index (χ4v) is 3.43. The largest absolute Gasteiger partial charge is 0.395 e.